The van der Waals surface area contributed by atoms with Gasteiger partial charge >= 0.3 is 11.9 Å². The summed E-state index contributed by atoms with van der Waals surface area (Å²) in [5.41, 5.74) is 0. The van der Waals surface area contributed by atoms with Crippen LogP contribution in [0.1, 0.15) is 194 Å². The number of hydrogen-bond donors (Lipinski definition) is 2. The van der Waals surface area contributed by atoms with Gasteiger partial charge in [0.1, 0.15) is 0 Å². The monoisotopic (exact) mass is 622 g/mol. The first-order chi connectivity index (χ1) is 19.5. The second-order valence-corrected chi connectivity index (χ2v) is 11.5. The van der Waals surface area contributed by atoms with Crippen molar-refractivity contribution in [1.29, 1.82) is 0 Å². The van der Waals surface area contributed by atoms with Crippen molar-refractivity contribution in [2.24, 2.45) is 0 Å². The molecular weight excluding hydrogens is 555 g/mol. The Bertz CT molecular complexity index is 524. The first-order valence-electron chi connectivity index (χ1n) is 17.3. The van der Waals surface area contributed by atoms with Crippen LogP contribution in [0.25, 0.3) is 0 Å². The molecule has 246 valence electrons. The third-order valence-electron chi connectivity index (χ3n) is 7.30. The van der Waals surface area contributed by atoms with E-state index in [1.807, 2.05) is 0 Å². The van der Waals surface area contributed by atoms with Crippen LogP contribution in [0.4, 0.5) is 0 Å². The molecule has 0 radical (unpaired) electrons. The van der Waals surface area contributed by atoms with Gasteiger partial charge < -0.3 is 10.2 Å². The topological polar surface area (TPSA) is 74.6 Å². The molecule has 4 nitrogen and oxygen atoms in total. The first-order valence-corrected chi connectivity index (χ1v) is 17.3. The van der Waals surface area contributed by atoms with Crippen molar-refractivity contribution in [1.82, 2.24) is 0 Å². The van der Waals surface area contributed by atoms with E-state index in [4.69, 9.17) is 10.2 Å². The second-order valence-electron chi connectivity index (χ2n) is 11.5. The van der Waals surface area contributed by atoms with Crippen LogP contribution in [0.5, 0.6) is 0 Å². The summed E-state index contributed by atoms with van der Waals surface area (Å²) in [6, 6.07) is 0. The summed E-state index contributed by atoms with van der Waals surface area (Å²) >= 11 is 0. The zero-order chi connectivity index (χ0) is 29.8. The second kappa shape index (κ2) is 41.1. The van der Waals surface area contributed by atoms with Crippen molar-refractivity contribution >= 4 is 11.9 Å². The zero-order valence-corrected chi connectivity index (χ0v) is 28.1. The molecule has 41 heavy (non-hydrogen) atoms. The summed E-state index contributed by atoms with van der Waals surface area (Å²) in [6.07, 6.45) is 42.5. The fourth-order valence-electron chi connectivity index (χ4n) is 4.69. The van der Waals surface area contributed by atoms with Crippen molar-refractivity contribution in [2.45, 2.75) is 194 Å². The van der Waals surface area contributed by atoms with Gasteiger partial charge in [0.2, 0.25) is 0 Å². The number of carbonyl (C=O) groups is 2. The maximum atomic E-state index is 10.3. The van der Waals surface area contributed by atoms with Crippen LogP contribution in [0.3, 0.4) is 0 Å². The van der Waals surface area contributed by atoms with Crippen LogP contribution >= 0.6 is 0 Å². The van der Waals surface area contributed by atoms with Gasteiger partial charge in [0, 0.05) is 29.3 Å². The number of hydrogen-bond acceptors (Lipinski definition) is 2. The molecule has 0 aromatic heterocycles. The SMILES string of the molecule is CCCCCCCC/C=C\CCCCCCCC(=O)O.CCCCCCCC/C=C\CCCCCCCC(=O)O.[Ni]. The fourth-order valence-corrected chi connectivity index (χ4v) is 4.69. The average Bonchev–Trinajstić information content (AvgIpc) is 2.93. The smallest absolute Gasteiger partial charge is 0.303 e. The largest absolute Gasteiger partial charge is 0.481 e. The predicted molar refractivity (Wildman–Crippen MR) is 174 cm³/mol. The molecule has 0 fully saturated rings. The summed E-state index contributed by atoms with van der Waals surface area (Å²) < 4.78 is 0. The zero-order valence-electron chi connectivity index (χ0n) is 27.1. The van der Waals surface area contributed by atoms with Gasteiger partial charge in [-0.15, -0.1) is 0 Å². The van der Waals surface area contributed by atoms with Crippen molar-refractivity contribution in [3.63, 3.8) is 0 Å². The molecule has 0 saturated carbocycles. The van der Waals surface area contributed by atoms with E-state index >= 15 is 0 Å². The molecule has 0 aromatic carbocycles. The Labute approximate surface area is 265 Å². The first kappa shape index (κ1) is 44.4. The Hall–Kier alpha value is -1.09. The van der Waals surface area contributed by atoms with E-state index in [0.717, 1.165) is 25.7 Å². The van der Waals surface area contributed by atoms with Gasteiger partial charge in [-0.25, -0.2) is 0 Å². The van der Waals surface area contributed by atoms with Crippen LogP contribution in [0.2, 0.25) is 0 Å². The molecule has 2 N–H and O–H groups in total. The van der Waals surface area contributed by atoms with Gasteiger partial charge in [0.25, 0.3) is 0 Å². The maximum absolute atomic E-state index is 10.3. The van der Waals surface area contributed by atoms with E-state index in [0.29, 0.717) is 12.8 Å². The number of carboxylic acid groups (broad SMARTS) is 2. The summed E-state index contributed by atoms with van der Waals surface area (Å²) in [5, 5.41) is 17.0. The van der Waals surface area contributed by atoms with E-state index < -0.39 is 11.9 Å². The molecule has 0 spiro atoms. The normalized spacial score (nSPS) is 11.0. The molecule has 5 heteroatoms. The minimum absolute atomic E-state index is 0. The van der Waals surface area contributed by atoms with Gasteiger partial charge in [-0.05, 0) is 64.2 Å². The van der Waals surface area contributed by atoms with E-state index in [9.17, 15) is 9.59 Å². The van der Waals surface area contributed by atoms with Gasteiger partial charge in [0.05, 0.1) is 0 Å². The Kier molecular flexibility index (Phi) is 44.4. The number of allylic oxidation sites excluding steroid dienone is 4. The summed E-state index contributed by atoms with van der Waals surface area (Å²) in [5.74, 6) is -1.33. The minimum Gasteiger partial charge on any atom is -0.481 e. The maximum Gasteiger partial charge on any atom is 0.303 e. The molecule has 0 amide bonds. The molecule has 0 heterocycles. The summed E-state index contributed by atoms with van der Waals surface area (Å²) in [7, 11) is 0. The minimum atomic E-state index is -0.664. The number of rotatable bonds is 30. The van der Waals surface area contributed by atoms with Crippen LogP contribution in [0, 0.1) is 0 Å². The molecule has 0 aliphatic rings. The Morgan fingerprint density at radius 1 is 0.390 bits per heavy atom. The van der Waals surface area contributed by atoms with Crippen molar-refractivity contribution < 1.29 is 36.3 Å². The van der Waals surface area contributed by atoms with Gasteiger partial charge in [-0.3, -0.25) is 9.59 Å². The molecule has 0 unspecified atom stereocenters. The van der Waals surface area contributed by atoms with Crippen molar-refractivity contribution in [2.75, 3.05) is 0 Å². The number of carboxylic acids is 2. The third kappa shape index (κ3) is 48.9. The molecule has 0 aliphatic carbocycles. The average molecular weight is 624 g/mol. The quantitative estimate of drug-likeness (QED) is 0.0474. The van der Waals surface area contributed by atoms with Gasteiger partial charge in [0.15, 0.2) is 0 Å². The molecule has 0 bridgehead atoms. The number of unbranched alkanes of at least 4 members (excludes halogenated alkanes) is 22. The van der Waals surface area contributed by atoms with Gasteiger partial charge in [-0.1, -0.05) is 141 Å². The summed E-state index contributed by atoms with van der Waals surface area (Å²) in [6.45, 7) is 4.52. The Balaban J connectivity index is -0.000000688. The Morgan fingerprint density at radius 3 is 0.854 bits per heavy atom. The van der Waals surface area contributed by atoms with Crippen LogP contribution < -0.4 is 0 Å². The van der Waals surface area contributed by atoms with E-state index in [2.05, 4.69) is 38.2 Å². The van der Waals surface area contributed by atoms with E-state index in [1.54, 1.807) is 0 Å². The standard InChI is InChI=1S/2C18H34O2.Ni/c2*1-2-3-4-5-6-7-8-9-10-11-12-13-14-15-16-17-18(19)20;/h2*9-10H,2-8,11-17H2,1H3,(H,19,20);/b2*10-9-;. The molecule has 0 rings (SSSR count). The molecule has 0 atom stereocenters. The van der Waals surface area contributed by atoms with Crippen molar-refractivity contribution in [3.8, 4) is 0 Å². The van der Waals surface area contributed by atoms with E-state index in [1.165, 1.54) is 141 Å². The molecule has 0 aromatic rings. The Morgan fingerprint density at radius 2 is 0.610 bits per heavy atom. The molecule has 0 aliphatic heterocycles. The molecular formula is C36H68NiO4. The van der Waals surface area contributed by atoms with Crippen LogP contribution in [0.15, 0.2) is 24.3 Å². The van der Waals surface area contributed by atoms with Crippen molar-refractivity contribution in [3.05, 3.63) is 24.3 Å². The molecule has 0 saturated heterocycles. The fraction of sp³-hybridized carbons (Fsp3) is 0.833. The predicted octanol–water partition coefficient (Wildman–Crippen LogP) is 12.2. The van der Waals surface area contributed by atoms with Crippen LogP contribution in [-0.4, -0.2) is 22.2 Å². The third-order valence-corrected chi connectivity index (χ3v) is 7.30. The van der Waals surface area contributed by atoms with Crippen LogP contribution in [-0.2, 0) is 26.1 Å². The number of aliphatic carboxylic acids is 2. The summed E-state index contributed by atoms with van der Waals surface area (Å²) in [4.78, 5) is 20.6. The van der Waals surface area contributed by atoms with Gasteiger partial charge in [-0.2, -0.15) is 0 Å². The van der Waals surface area contributed by atoms with E-state index in [-0.39, 0.29) is 16.5 Å².